The maximum atomic E-state index is 12.0. The summed E-state index contributed by atoms with van der Waals surface area (Å²) >= 11 is 0. The minimum atomic E-state index is -0.737. The molecule has 0 spiro atoms. The summed E-state index contributed by atoms with van der Waals surface area (Å²) in [4.78, 5) is 29.2. The summed E-state index contributed by atoms with van der Waals surface area (Å²) < 4.78 is 0. The van der Waals surface area contributed by atoms with Crippen LogP contribution in [0.1, 0.15) is 31.4 Å². The van der Waals surface area contributed by atoms with Crippen molar-refractivity contribution in [2.24, 2.45) is 5.92 Å². The molecule has 1 aliphatic carbocycles. The lowest BCUT2D eigenvalue weighted by molar-refractivity contribution is -0.142. The Morgan fingerprint density at radius 3 is 2.61 bits per heavy atom. The highest BCUT2D eigenvalue weighted by Crippen LogP contribution is 2.24. The molecule has 1 aliphatic rings. The summed E-state index contributed by atoms with van der Waals surface area (Å²) in [5.74, 6) is -1.01. The predicted octanol–water partition coefficient (Wildman–Crippen LogP) is 1.59. The molecule has 0 unspecified atom stereocenters. The largest absolute Gasteiger partial charge is 0.481 e. The van der Waals surface area contributed by atoms with Crippen LogP contribution in [0.15, 0.2) is 18.3 Å². The Morgan fingerprint density at radius 1 is 1.30 bits per heavy atom. The lowest BCUT2D eigenvalue weighted by Gasteiger charge is -2.27. The maximum Gasteiger partial charge on any atom is 0.315 e. The van der Waals surface area contributed by atoms with Crippen molar-refractivity contribution in [2.45, 2.75) is 38.3 Å². The second kappa shape index (κ2) is 7.80. The van der Waals surface area contributed by atoms with Crippen LogP contribution in [0.2, 0.25) is 0 Å². The van der Waals surface area contributed by atoms with E-state index in [4.69, 9.17) is 5.11 Å². The maximum absolute atomic E-state index is 12.0. The van der Waals surface area contributed by atoms with Gasteiger partial charge in [-0.05, 0) is 37.8 Å². The van der Waals surface area contributed by atoms with Crippen LogP contribution in [0, 0.1) is 5.92 Å². The fourth-order valence-electron chi connectivity index (χ4n) is 2.86. The minimum absolute atomic E-state index is 0.0441. The van der Waals surface area contributed by atoms with Crippen molar-refractivity contribution >= 4 is 17.7 Å². The second-order valence-corrected chi connectivity index (χ2v) is 6.08. The van der Waals surface area contributed by atoms with Crippen LogP contribution in [-0.4, -0.2) is 42.2 Å². The van der Waals surface area contributed by atoms with Crippen molar-refractivity contribution in [3.05, 3.63) is 24.0 Å². The summed E-state index contributed by atoms with van der Waals surface area (Å²) in [5, 5.41) is 14.7. The molecular formula is C16H24N4O3. The van der Waals surface area contributed by atoms with Gasteiger partial charge in [-0.15, -0.1) is 0 Å². The normalized spacial score (nSPS) is 20.6. The van der Waals surface area contributed by atoms with Gasteiger partial charge in [0.2, 0.25) is 0 Å². The third-order valence-electron chi connectivity index (χ3n) is 4.18. The molecule has 0 radical (unpaired) electrons. The van der Waals surface area contributed by atoms with Crippen LogP contribution in [0.3, 0.4) is 0 Å². The average Bonchev–Trinajstić information content (AvgIpc) is 2.53. The lowest BCUT2D eigenvalue weighted by atomic mass is 9.86. The van der Waals surface area contributed by atoms with Crippen molar-refractivity contribution in [1.82, 2.24) is 15.6 Å². The molecule has 1 saturated carbocycles. The van der Waals surface area contributed by atoms with Crippen molar-refractivity contribution in [3.8, 4) is 0 Å². The third kappa shape index (κ3) is 4.84. The molecule has 0 bridgehead atoms. The molecule has 0 aromatic carbocycles. The quantitative estimate of drug-likeness (QED) is 0.766. The number of anilines is 1. The average molecular weight is 320 g/mol. The highest BCUT2D eigenvalue weighted by atomic mass is 16.4. The number of urea groups is 1. The lowest BCUT2D eigenvalue weighted by Crippen LogP contribution is -2.44. The number of aliphatic carboxylic acids is 1. The van der Waals surface area contributed by atoms with E-state index in [0.717, 1.165) is 11.4 Å². The van der Waals surface area contributed by atoms with Crippen molar-refractivity contribution in [1.29, 1.82) is 0 Å². The number of nitrogens with one attached hydrogen (secondary N) is 2. The first-order valence-electron chi connectivity index (χ1n) is 7.85. The number of hydrogen-bond acceptors (Lipinski definition) is 4. The van der Waals surface area contributed by atoms with E-state index in [-0.39, 0.29) is 18.0 Å². The van der Waals surface area contributed by atoms with E-state index in [1.165, 1.54) is 0 Å². The number of rotatable bonds is 5. The van der Waals surface area contributed by atoms with Gasteiger partial charge in [-0.2, -0.15) is 0 Å². The van der Waals surface area contributed by atoms with Crippen LogP contribution in [0.4, 0.5) is 10.5 Å². The van der Waals surface area contributed by atoms with Gasteiger partial charge in [0.05, 0.1) is 23.8 Å². The number of pyridine rings is 1. The zero-order valence-corrected chi connectivity index (χ0v) is 13.6. The van der Waals surface area contributed by atoms with Gasteiger partial charge >= 0.3 is 12.0 Å². The molecule has 0 aliphatic heterocycles. The zero-order chi connectivity index (χ0) is 16.8. The first kappa shape index (κ1) is 17.1. The van der Waals surface area contributed by atoms with Crippen molar-refractivity contribution < 1.29 is 14.7 Å². The summed E-state index contributed by atoms with van der Waals surface area (Å²) in [5.41, 5.74) is 1.78. The Hall–Kier alpha value is -2.31. The predicted molar refractivity (Wildman–Crippen MR) is 87.3 cm³/mol. The van der Waals surface area contributed by atoms with Crippen molar-refractivity contribution in [3.63, 3.8) is 0 Å². The van der Waals surface area contributed by atoms with E-state index in [0.29, 0.717) is 32.2 Å². The molecule has 126 valence electrons. The number of aromatic nitrogens is 1. The Balaban J connectivity index is 1.79. The van der Waals surface area contributed by atoms with Crippen LogP contribution in [-0.2, 0) is 11.3 Å². The molecule has 1 aromatic heterocycles. The van der Waals surface area contributed by atoms with E-state index in [2.05, 4.69) is 15.6 Å². The molecule has 2 rings (SSSR count). The Morgan fingerprint density at radius 2 is 2.00 bits per heavy atom. The van der Waals surface area contributed by atoms with Crippen LogP contribution in [0.5, 0.6) is 0 Å². The number of amides is 2. The first-order chi connectivity index (χ1) is 11.0. The first-order valence-corrected chi connectivity index (χ1v) is 7.85. The highest BCUT2D eigenvalue weighted by molar-refractivity contribution is 5.74. The number of carboxylic acid groups (broad SMARTS) is 1. The summed E-state index contributed by atoms with van der Waals surface area (Å²) in [6.07, 6.45) is 4.35. The zero-order valence-electron chi connectivity index (χ0n) is 13.6. The number of nitrogens with zero attached hydrogens (tertiary/aromatic N) is 2. The molecule has 7 nitrogen and oxygen atoms in total. The van der Waals surface area contributed by atoms with Gasteiger partial charge in [0.1, 0.15) is 0 Å². The standard InChI is InChI=1S/C16H24N4O3/c1-20(2)14-4-3-9-17-13(14)10-18-16(23)19-12-7-5-11(6-8-12)15(21)22/h3-4,9,11-12H,5-8,10H2,1-2H3,(H,21,22)(H2,18,19,23). The van der Waals surface area contributed by atoms with Crippen LogP contribution in [0.25, 0.3) is 0 Å². The molecule has 7 heteroatoms. The number of hydrogen-bond donors (Lipinski definition) is 3. The Kier molecular flexibility index (Phi) is 5.78. The topological polar surface area (TPSA) is 94.6 Å². The molecule has 2 amide bonds. The van der Waals surface area contributed by atoms with Gasteiger partial charge < -0.3 is 20.6 Å². The monoisotopic (exact) mass is 320 g/mol. The van der Waals surface area contributed by atoms with E-state index >= 15 is 0 Å². The molecule has 1 heterocycles. The smallest absolute Gasteiger partial charge is 0.315 e. The highest BCUT2D eigenvalue weighted by Gasteiger charge is 2.26. The molecule has 0 atom stereocenters. The van der Waals surface area contributed by atoms with Gasteiger partial charge in [-0.3, -0.25) is 9.78 Å². The van der Waals surface area contributed by atoms with Crippen LogP contribution >= 0.6 is 0 Å². The fourth-order valence-corrected chi connectivity index (χ4v) is 2.86. The Bertz CT molecular complexity index is 554. The number of carbonyl (C=O) groups is 2. The number of carboxylic acids is 1. The van der Waals surface area contributed by atoms with Gasteiger partial charge in [0.15, 0.2) is 0 Å². The van der Waals surface area contributed by atoms with Crippen LogP contribution < -0.4 is 15.5 Å². The molecule has 23 heavy (non-hydrogen) atoms. The molecule has 1 aromatic rings. The van der Waals surface area contributed by atoms with Gasteiger partial charge in [0, 0.05) is 26.3 Å². The van der Waals surface area contributed by atoms with E-state index < -0.39 is 5.97 Å². The van der Waals surface area contributed by atoms with Gasteiger partial charge in [-0.25, -0.2) is 4.79 Å². The van der Waals surface area contributed by atoms with Gasteiger partial charge in [-0.1, -0.05) is 0 Å². The van der Waals surface area contributed by atoms with E-state index in [1.54, 1.807) is 6.20 Å². The molecule has 1 fully saturated rings. The summed E-state index contributed by atoms with van der Waals surface area (Å²) in [6.45, 7) is 0.352. The van der Waals surface area contributed by atoms with E-state index in [1.807, 2.05) is 31.1 Å². The molecule has 0 saturated heterocycles. The minimum Gasteiger partial charge on any atom is -0.481 e. The number of carbonyl (C=O) groups excluding carboxylic acids is 1. The summed E-state index contributed by atoms with van der Waals surface area (Å²) in [6, 6.07) is 3.62. The van der Waals surface area contributed by atoms with Gasteiger partial charge in [0.25, 0.3) is 0 Å². The Labute approximate surface area is 136 Å². The molecular weight excluding hydrogens is 296 g/mol. The van der Waals surface area contributed by atoms with Crippen molar-refractivity contribution in [2.75, 3.05) is 19.0 Å². The second-order valence-electron chi connectivity index (χ2n) is 6.08. The molecule has 3 N–H and O–H groups in total. The summed E-state index contributed by atoms with van der Waals surface area (Å²) in [7, 11) is 3.86. The fraction of sp³-hybridized carbons (Fsp3) is 0.562. The van der Waals surface area contributed by atoms with E-state index in [9.17, 15) is 9.59 Å². The third-order valence-corrected chi connectivity index (χ3v) is 4.18. The SMILES string of the molecule is CN(C)c1cccnc1CNC(=O)NC1CCC(C(=O)O)CC1.